The first-order valence-electron chi connectivity index (χ1n) is 6.08. The molecule has 1 N–H and O–H groups in total. The van der Waals surface area contributed by atoms with Crippen molar-refractivity contribution in [1.29, 1.82) is 0 Å². The number of nitrogens with zero attached hydrogens (tertiary/aromatic N) is 1. The molecule has 0 aliphatic carbocycles. The van der Waals surface area contributed by atoms with Crippen molar-refractivity contribution in [3.8, 4) is 0 Å². The van der Waals surface area contributed by atoms with Gasteiger partial charge in [-0.25, -0.2) is 0 Å². The SMILES string of the molecule is CNC(Cc1cccc(Cl)c1Cl)C(C)(C)N(C)C. The molecule has 0 saturated heterocycles. The normalized spacial score (nSPS) is 14.0. The number of hydrogen-bond acceptors (Lipinski definition) is 2. The van der Waals surface area contributed by atoms with Crippen LogP contribution in [0.3, 0.4) is 0 Å². The van der Waals surface area contributed by atoms with Crippen molar-refractivity contribution in [2.45, 2.75) is 31.8 Å². The standard InChI is InChI=1S/C14H22Cl2N2/c1-14(2,18(4)5)12(17-3)9-10-7-6-8-11(15)13(10)16/h6-8,12,17H,9H2,1-5H3. The van der Waals surface area contributed by atoms with Crippen LogP contribution in [0.1, 0.15) is 19.4 Å². The summed E-state index contributed by atoms with van der Waals surface area (Å²) in [4.78, 5) is 2.21. The lowest BCUT2D eigenvalue weighted by Gasteiger charge is -2.40. The Kier molecular flexibility index (Phi) is 5.47. The van der Waals surface area contributed by atoms with Crippen LogP contribution < -0.4 is 5.32 Å². The van der Waals surface area contributed by atoms with Crippen molar-refractivity contribution < 1.29 is 0 Å². The average Bonchev–Trinajstić information content (AvgIpc) is 2.30. The quantitative estimate of drug-likeness (QED) is 0.893. The summed E-state index contributed by atoms with van der Waals surface area (Å²) in [6, 6.07) is 6.09. The van der Waals surface area contributed by atoms with Crippen LogP contribution in [0.4, 0.5) is 0 Å². The third-order valence-corrected chi connectivity index (χ3v) is 4.67. The molecule has 0 aliphatic rings. The summed E-state index contributed by atoms with van der Waals surface area (Å²) in [7, 11) is 6.15. The minimum absolute atomic E-state index is 0.0282. The van der Waals surface area contributed by atoms with Crippen LogP contribution in [0.15, 0.2) is 18.2 Å². The van der Waals surface area contributed by atoms with Crippen LogP contribution >= 0.6 is 23.2 Å². The highest BCUT2D eigenvalue weighted by atomic mass is 35.5. The van der Waals surface area contributed by atoms with E-state index in [0.717, 1.165) is 12.0 Å². The summed E-state index contributed by atoms with van der Waals surface area (Å²) in [5.41, 5.74) is 1.11. The number of benzene rings is 1. The second kappa shape index (κ2) is 6.25. The van der Waals surface area contributed by atoms with Gasteiger partial charge in [0.25, 0.3) is 0 Å². The molecular weight excluding hydrogens is 267 g/mol. The lowest BCUT2D eigenvalue weighted by Crippen LogP contribution is -2.55. The van der Waals surface area contributed by atoms with E-state index in [2.05, 4.69) is 38.2 Å². The third kappa shape index (κ3) is 3.39. The Bertz CT molecular complexity index is 403. The van der Waals surface area contributed by atoms with Crippen molar-refractivity contribution in [1.82, 2.24) is 10.2 Å². The minimum Gasteiger partial charge on any atom is -0.315 e. The van der Waals surface area contributed by atoms with Crippen LogP contribution in [0.2, 0.25) is 10.0 Å². The maximum absolute atomic E-state index is 6.25. The number of halogens is 2. The molecule has 0 fully saturated rings. The molecule has 0 heterocycles. The van der Waals surface area contributed by atoms with Crippen molar-refractivity contribution >= 4 is 23.2 Å². The van der Waals surface area contributed by atoms with Crippen LogP contribution in [-0.4, -0.2) is 37.6 Å². The molecule has 1 aromatic carbocycles. The summed E-state index contributed by atoms with van der Waals surface area (Å²) >= 11 is 12.3. The van der Waals surface area contributed by atoms with Gasteiger partial charge in [-0.05, 0) is 53.0 Å². The van der Waals surface area contributed by atoms with E-state index in [1.165, 1.54) is 0 Å². The molecule has 2 nitrogen and oxygen atoms in total. The van der Waals surface area contributed by atoms with Crippen LogP contribution in [0.5, 0.6) is 0 Å². The molecule has 0 bridgehead atoms. The van der Waals surface area contributed by atoms with Crippen LogP contribution in [-0.2, 0) is 6.42 Å². The third-order valence-electron chi connectivity index (χ3n) is 3.81. The van der Waals surface area contributed by atoms with E-state index in [0.29, 0.717) is 16.1 Å². The first kappa shape index (κ1) is 15.8. The molecule has 0 aliphatic heterocycles. The monoisotopic (exact) mass is 288 g/mol. The van der Waals surface area contributed by atoms with Crippen molar-refractivity contribution in [3.63, 3.8) is 0 Å². The van der Waals surface area contributed by atoms with Gasteiger partial charge in [0.05, 0.1) is 10.0 Å². The predicted molar refractivity (Wildman–Crippen MR) is 80.8 cm³/mol. The van der Waals surface area contributed by atoms with Gasteiger partial charge in [-0.1, -0.05) is 35.3 Å². The molecule has 0 saturated carbocycles. The number of likely N-dealkylation sites (N-methyl/N-ethyl adjacent to an activating group) is 2. The van der Waals surface area contributed by atoms with Gasteiger partial charge in [0, 0.05) is 11.6 Å². The highest BCUT2D eigenvalue weighted by molar-refractivity contribution is 6.42. The number of hydrogen-bond donors (Lipinski definition) is 1. The molecule has 4 heteroatoms. The molecule has 1 atom stereocenters. The van der Waals surface area contributed by atoms with Gasteiger partial charge in [0.1, 0.15) is 0 Å². The van der Waals surface area contributed by atoms with E-state index in [-0.39, 0.29) is 5.54 Å². The Morgan fingerprint density at radius 1 is 1.28 bits per heavy atom. The lowest BCUT2D eigenvalue weighted by atomic mass is 9.88. The van der Waals surface area contributed by atoms with Gasteiger partial charge in [-0.2, -0.15) is 0 Å². The summed E-state index contributed by atoms with van der Waals surface area (Å²) < 4.78 is 0. The van der Waals surface area contributed by atoms with Gasteiger partial charge in [0.15, 0.2) is 0 Å². The van der Waals surface area contributed by atoms with Gasteiger partial charge in [-0.3, -0.25) is 0 Å². The van der Waals surface area contributed by atoms with Crippen LogP contribution in [0, 0.1) is 0 Å². The zero-order chi connectivity index (χ0) is 13.9. The van der Waals surface area contributed by atoms with Crippen molar-refractivity contribution in [2.75, 3.05) is 21.1 Å². The first-order chi connectivity index (χ1) is 8.30. The molecule has 0 radical (unpaired) electrons. The molecule has 102 valence electrons. The lowest BCUT2D eigenvalue weighted by molar-refractivity contribution is 0.141. The van der Waals surface area contributed by atoms with E-state index in [1.54, 1.807) is 0 Å². The topological polar surface area (TPSA) is 15.3 Å². The fraction of sp³-hybridized carbons (Fsp3) is 0.571. The van der Waals surface area contributed by atoms with E-state index in [1.807, 2.05) is 25.2 Å². The summed E-state index contributed by atoms with van der Waals surface area (Å²) in [5.74, 6) is 0. The van der Waals surface area contributed by atoms with E-state index >= 15 is 0 Å². The van der Waals surface area contributed by atoms with Gasteiger partial charge >= 0.3 is 0 Å². The fourth-order valence-corrected chi connectivity index (χ4v) is 2.34. The second-order valence-electron chi connectivity index (χ2n) is 5.31. The molecule has 1 aromatic rings. The van der Waals surface area contributed by atoms with Crippen molar-refractivity contribution in [3.05, 3.63) is 33.8 Å². The zero-order valence-corrected chi connectivity index (χ0v) is 13.2. The number of nitrogens with one attached hydrogen (secondary N) is 1. The summed E-state index contributed by atoms with van der Waals surface area (Å²) in [5, 5.41) is 4.65. The largest absolute Gasteiger partial charge is 0.315 e. The first-order valence-corrected chi connectivity index (χ1v) is 6.84. The number of rotatable bonds is 5. The minimum atomic E-state index is 0.0282. The maximum Gasteiger partial charge on any atom is 0.0624 e. The van der Waals surface area contributed by atoms with Gasteiger partial charge < -0.3 is 10.2 Å². The summed E-state index contributed by atoms with van der Waals surface area (Å²) in [6.07, 6.45) is 0.848. The Labute approximate surface area is 120 Å². The Hall–Kier alpha value is -0.280. The van der Waals surface area contributed by atoms with Crippen molar-refractivity contribution in [2.24, 2.45) is 0 Å². The van der Waals surface area contributed by atoms with Gasteiger partial charge in [-0.15, -0.1) is 0 Å². The summed E-state index contributed by atoms with van der Waals surface area (Å²) in [6.45, 7) is 4.43. The van der Waals surface area contributed by atoms with E-state index in [9.17, 15) is 0 Å². The highest BCUT2D eigenvalue weighted by Crippen LogP contribution is 2.28. The Balaban J connectivity index is 2.97. The maximum atomic E-state index is 6.25. The van der Waals surface area contributed by atoms with E-state index < -0.39 is 0 Å². The predicted octanol–water partition coefficient (Wildman–Crippen LogP) is 3.46. The zero-order valence-electron chi connectivity index (χ0n) is 11.7. The van der Waals surface area contributed by atoms with E-state index in [4.69, 9.17) is 23.2 Å². The second-order valence-corrected chi connectivity index (χ2v) is 6.09. The Morgan fingerprint density at radius 3 is 2.39 bits per heavy atom. The molecule has 1 unspecified atom stereocenters. The fourth-order valence-electron chi connectivity index (χ4n) is 1.94. The van der Waals surface area contributed by atoms with Gasteiger partial charge in [0.2, 0.25) is 0 Å². The molecule has 1 rings (SSSR count). The molecule has 18 heavy (non-hydrogen) atoms. The highest BCUT2D eigenvalue weighted by Gasteiger charge is 2.30. The van der Waals surface area contributed by atoms with Crippen LogP contribution in [0.25, 0.3) is 0 Å². The average molecular weight is 289 g/mol. The molecule has 0 aromatic heterocycles. The molecular formula is C14H22Cl2N2. The Morgan fingerprint density at radius 2 is 1.89 bits per heavy atom. The smallest absolute Gasteiger partial charge is 0.0624 e. The molecule has 0 spiro atoms. The molecule has 0 amide bonds.